The molecule has 3 aromatic carbocycles. The lowest BCUT2D eigenvalue weighted by Crippen LogP contribution is -2.29. The van der Waals surface area contributed by atoms with Crippen LogP contribution in [0.3, 0.4) is 0 Å². The summed E-state index contributed by atoms with van der Waals surface area (Å²) < 4.78 is 11.8. The molecule has 1 aromatic heterocycles. The molecular formula is C29H25N3O5S2. The number of benzene rings is 3. The summed E-state index contributed by atoms with van der Waals surface area (Å²) in [6, 6.07) is 17.9. The van der Waals surface area contributed by atoms with Crippen LogP contribution in [0.15, 0.2) is 71.8 Å². The number of H-pyrrole nitrogens is 1. The van der Waals surface area contributed by atoms with Crippen molar-refractivity contribution in [2.24, 2.45) is 0 Å². The normalized spacial score (nSPS) is 14.4. The highest BCUT2D eigenvalue weighted by molar-refractivity contribution is 8.26. The number of anilines is 1. The van der Waals surface area contributed by atoms with Gasteiger partial charge in [-0.3, -0.25) is 9.69 Å². The van der Waals surface area contributed by atoms with Crippen LogP contribution in [0.5, 0.6) is 11.5 Å². The number of aromatic carboxylic acids is 1. The molecule has 0 saturated carbocycles. The molecule has 39 heavy (non-hydrogen) atoms. The first-order valence-electron chi connectivity index (χ1n) is 12.1. The number of nitrogens with one attached hydrogen (secondary N) is 1. The van der Waals surface area contributed by atoms with Crippen LogP contribution >= 0.6 is 24.0 Å². The quantitative estimate of drug-likeness (QED) is 0.102. The molecule has 0 bridgehead atoms. The van der Waals surface area contributed by atoms with Crippen molar-refractivity contribution in [3.05, 3.63) is 82.9 Å². The van der Waals surface area contributed by atoms with Gasteiger partial charge in [-0.2, -0.15) is 0 Å². The number of carboxylic acids is 1. The number of nitrogens with zero attached hydrogens (tertiary/aromatic N) is 1. The molecule has 0 spiro atoms. The van der Waals surface area contributed by atoms with Gasteiger partial charge in [0, 0.05) is 23.7 Å². The number of rotatable bonds is 9. The van der Waals surface area contributed by atoms with E-state index in [2.05, 4.69) is 4.98 Å². The second kappa shape index (κ2) is 11.2. The lowest BCUT2D eigenvalue weighted by Gasteiger charge is -2.14. The number of fused-ring (bicyclic) bond motifs is 1. The fraction of sp³-hybridized carbons (Fsp3) is 0.138. The van der Waals surface area contributed by atoms with E-state index in [4.69, 9.17) is 32.5 Å². The van der Waals surface area contributed by atoms with Crippen LogP contribution < -0.4 is 15.2 Å². The Balaban J connectivity index is 1.27. The number of aromatic amines is 1. The zero-order chi connectivity index (χ0) is 27.5. The molecule has 5 rings (SSSR count). The standard InChI is InChI=1S/C29H25N3O5S2/c1-36-24-8-3-17(13-22(24)20-15-19-9-10-31-26(19)23(30)16-20)14-25-27(33)32(29(38)39-25)11-2-12-37-21-6-4-18(5-7-21)28(34)35/h3-10,13-16,31H,2,11-12,30H2,1H3,(H,34,35)/b25-14-. The Morgan fingerprint density at radius 3 is 2.69 bits per heavy atom. The number of hydrogen-bond donors (Lipinski definition) is 3. The zero-order valence-electron chi connectivity index (χ0n) is 21.0. The van der Waals surface area contributed by atoms with Crippen molar-refractivity contribution in [3.63, 3.8) is 0 Å². The summed E-state index contributed by atoms with van der Waals surface area (Å²) in [5.41, 5.74) is 10.6. The molecule has 0 unspecified atom stereocenters. The molecule has 1 fully saturated rings. The SMILES string of the molecule is COc1ccc(/C=C2\SC(=S)N(CCCOc3ccc(C(=O)O)cc3)C2=O)cc1-c1cc(N)c2[nH]ccc2c1. The maximum absolute atomic E-state index is 13.1. The van der Waals surface area contributed by atoms with Crippen LogP contribution in [0.4, 0.5) is 5.69 Å². The molecule has 4 aromatic rings. The van der Waals surface area contributed by atoms with Crippen molar-refractivity contribution in [1.82, 2.24) is 9.88 Å². The maximum atomic E-state index is 13.1. The Morgan fingerprint density at radius 1 is 1.15 bits per heavy atom. The van der Waals surface area contributed by atoms with Gasteiger partial charge in [0.1, 0.15) is 15.8 Å². The number of thiocarbonyl (C=S) groups is 1. The molecule has 2 heterocycles. The molecule has 4 N–H and O–H groups in total. The van der Waals surface area contributed by atoms with Gasteiger partial charge in [-0.1, -0.05) is 30.0 Å². The van der Waals surface area contributed by atoms with Crippen molar-refractivity contribution in [3.8, 4) is 22.6 Å². The largest absolute Gasteiger partial charge is 0.496 e. The molecule has 0 aliphatic carbocycles. The highest BCUT2D eigenvalue weighted by atomic mass is 32.2. The summed E-state index contributed by atoms with van der Waals surface area (Å²) in [7, 11) is 1.62. The molecule has 0 radical (unpaired) electrons. The average Bonchev–Trinajstić information content (AvgIpc) is 3.51. The summed E-state index contributed by atoms with van der Waals surface area (Å²) in [5.74, 6) is 0.133. The van der Waals surface area contributed by atoms with E-state index in [1.54, 1.807) is 24.1 Å². The molecule has 0 atom stereocenters. The third kappa shape index (κ3) is 5.62. The zero-order valence-corrected chi connectivity index (χ0v) is 22.6. The lowest BCUT2D eigenvalue weighted by molar-refractivity contribution is -0.122. The van der Waals surface area contributed by atoms with Gasteiger partial charge >= 0.3 is 5.97 Å². The monoisotopic (exact) mass is 559 g/mol. The predicted octanol–water partition coefficient (Wildman–Crippen LogP) is 5.79. The summed E-state index contributed by atoms with van der Waals surface area (Å²) in [6.45, 7) is 0.776. The Hall–Kier alpha value is -4.28. The minimum Gasteiger partial charge on any atom is -0.496 e. The fourth-order valence-corrected chi connectivity index (χ4v) is 5.66. The van der Waals surface area contributed by atoms with Crippen molar-refractivity contribution >= 4 is 62.8 Å². The number of amides is 1. The molecule has 10 heteroatoms. The topological polar surface area (TPSA) is 118 Å². The van der Waals surface area contributed by atoms with Crippen LogP contribution in [-0.2, 0) is 4.79 Å². The summed E-state index contributed by atoms with van der Waals surface area (Å²) in [5, 5.41) is 9.99. The summed E-state index contributed by atoms with van der Waals surface area (Å²) in [4.78, 5) is 29.4. The van der Waals surface area contributed by atoms with Crippen molar-refractivity contribution < 1.29 is 24.2 Å². The molecule has 198 valence electrons. The number of nitrogens with two attached hydrogens (primary N) is 1. The van der Waals surface area contributed by atoms with E-state index in [9.17, 15) is 9.59 Å². The van der Waals surface area contributed by atoms with Crippen LogP contribution in [-0.4, -0.2) is 51.4 Å². The molecule has 1 aliphatic rings. The average molecular weight is 560 g/mol. The van der Waals surface area contributed by atoms with Crippen molar-refractivity contribution in [1.29, 1.82) is 0 Å². The van der Waals surface area contributed by atoms with Gasteiger partial charge in [-0.15, -0.1) is 0 Å². The number of carbonyl (C=O) groups excluding carboxylic acids is 1. The summed E-state index contributed by atoms with van der Waals surface area (Å²) >= 11 is 6.75. The lowest BCUT2D eigenvalue weighted by atomic mass is 9.99. The number of thioether (sulfide) groups is 1. The van der Waals surface area contributed by atoms with Gasteiger partial charge in [0.05, 0.1) is 35.4 Å². The number of methoxy groups -OCH3 is 1. The number of nitrogen functional groups attached to an aromatic ring is 1. The summed E-state index contributed by atoms with van der Waals surface area (Å²) in [6.07, 6.45) is 4.25. The third-order valence-corrected chi connectivity index (χ3v) is 7.67. The number of hydrogen-bond acceptors (Lipinski definition) is 7. The maximum Gasteiger partial charge on any atom is 0.335 e. The van der Waals surface area contributed by atoms with Crippen LogP contribution in [0.1, 0.15) is 22.3 Å². The van der Waals surface area contributed by atoms with Gasteiger partial charge in [0.25, 0.3) is 5.91 Å². The molecule has 1 aliphatic heterocycles. The molecule has 8 nitrogen and oxygen atoms in total. The highest BCUT2D eigenvalue weighted by Gasteiger charge is 2.31. The van der Waals surface area contributed by atoms with Gasteiger partial charge in [0.15, 0.2) is 0 Å². The Morgan fingerprint density at radius 2 is 1.95 bits per heavy atom. The number of ether oxygens (including phenoxy) is 2. The number of aromatic nitrogens is 1. The van der Waals surface area contributed by atoms with E-state index in [-0.39, 0.29) is 11.5 Å². The van der Waals surface area contributed by atoms with Gasteiger partial charge < -0.3 is 25.3 Å². The molecule has 1 amide bonds. The fourth-order valence-electron chi connectivity index (χ4n) is 4.35. The minimum atomic E-state index is -0.988. The van der Waals surface area contributed by atoms with E-state index in [1.807, 2.05) is 48.7 Å². The van der Waals surface area contributed by atoms with Crippen molar-refractivity contribution in [2.45, 2.75) is 6.42 Å². The van der Waals surface area contributed by atoms with Crippen LogP contribution in [0.25, 0.3) is 28.1 Å². The molecule has 1 saturated heterocycles. The number of carbonyl (C=O) groups is 2. The Labute approximate surface area is 234 Å². The van der Waals surface area contributed by atoms with Gasteiger partial charge in [-0.25, -0.2) is 4.79 Å². The molecular weight excluding hydrogens is 534 g/mol. The van der Waals surface area contributed by atoms with Gasteiger partial charge in [0.2, 0.25) is 0 Å². The van der Waals surface area contributed by atoms with E-state index < -0.39 is 5.97 Å². The van der Waals surface area contributed by atoms with Crippen molar-refractivity contribution in [2.75, 3.05) is 26.0 Å². The van der Waals surface area contributed by atoms with Gasteiger partial charge in [-0.05, 0) is 78.2 Å². The highest BCUT2D eigenvalue weighted by Crippen LogP contribution is 2.37. The van der Waals surface area contributed by atoms with E-state index in [1.165, 1.54) is 23.9 Å². The van der Waals surface area contributed by atoms with Crippen LogP contribution in [0, 0.1) is 0 Å². The first-order valence-corrected chi connectivity index (χ1v) is 13.3. The first kappa shape index (κ1) is 26.3. The second-order valence-corrected chi connectivity index (χ2v) is 10.5. The van der Waals surface area contributed by atoms with Crippen LogP contribution in [0.2, 0.25) is 0 Å². The third-order valence-electron chi connectivity index (χ3n) is 6.29. The number of carboxylic acid groups (broad SMARTS) is 1. The van der Waals surface area contributed by atoms with E-state index in [0.29, 0.717) is 46.0 Å². The Kier molecular flexibility index (Phi) is 7.58. The van der Waals surface area contributed by atoms with E-state index in [0.717, 1.165) is 27.6 Å². The van der Waals surface area contributed by atoms with E-state index >= 15 is 0 Å². The predicted molar refractivity (Wildman–Crippen MR) is 158 cm³/mol. The second-order valence-electron chi connectivity index (χ2n) is 8.83. The Bertz CT molecular complexity index is 1610. The minimum absolute atomic E-state index is 0.147. The first-order chi connectivity index (χ1) is 18.8. The smallest absolute Gasteiger partial charge is 0.335 e.